The smallest absolute Gasteiger partial charge is 0.408 e. The van der Waals surface area contributed by atoms with Crippen LogP contribution in [-0.4, -0.2) is 75.2 Å². The van der Waals surface area contributed by atoms with Crippen LogP contribution >= 0.6 is 23.5 Å². The molecule has 3 fully saturated rings. The van der Waals surface area contributed by atoms with Crippen LogP contribution in [0.3, 0.4) is 0 Å². The molecule has 0 aromatic rings. The zero-order valence-corrected chi connectivity index (χ0v) is 20.9. The fraction of sp³-hybridized carbons (Fsp3) is 0.909. The third kappa shape index (κ3) is 6.45. The number of alkyl carbamates (subject to hydrolysis) is 1. The first-order valence-corrected chi connectivity index (χ1v) is 13.4. The molecule has 1 amide bonds. The summed E-state index contributed by atoms with van der Waals surface area (Å²) in [7, 11) is 1.40. The van der Waals surface area contributed by atoms with Crippen molar-refractivity contribution < 1.29 is 24.2 Å². The lowest BCUT2D eigenvalue weighted by atomic mass is 9.83. The van der Waals surface area contributed by atoms with Crippen molar-refractivity contribution in [2.45, 2.75) is 93.7 Å². The molecule has 2 aliphatic heterocycles. The highest BCUT2D eigenvalue weighted by atomic mass is 32.2. The van der Waals surface area contributed by atoms with Gasteiger partial charge in [0.1, 0.15) is 17.9 Å². The average molecular weight is 475 g/mol. The molecule has 0 radical (unpaired) electrons. The van der Waals surface area contributed by atoms with Gasteiger partial charge in [0, 0.05) is 6.54 Å². The maximum Gasteiger partial charge on any atom is 0.408 e. The molecule has 3 rings (SSSR count). The number of carbonyl (C=O) groups excluding carboxylic acids is 2. The molecular formula is C22H38N2O5S2. The van der Waals surface area contributed by atoms with Crippen molar-refractivity contribution >= 4 is 35.6 Å². The van der Waals surface area contributed by atoms with Gasteiger partial charge in [-0.25, -0.2) is 4.79 Å². The maximum absolute atomic E-state index is 12.7. The highest BCUT2D eigenvalue weighted by Crippen LogP contribution is 2.51. The molecule has 7 nitrogen and oxygen atoms in total. The van der Waals surface area contributed by atoms with Crippen LogP contribution in [0.1, 0.15) is 65.7 Å². The predicted molar refractivity (Wildman–Crippen MR) is 125 cm³/mol. The Morgan fingerprint density at radius 1 is 1.13 bits per heavy atom. The van der Waals surface area contributed by atoms with E-state index < -0.39 is 30.0 Å². The minimum Gasteiger partial charge on any atom is -0.468 e. The van der Waals surface area contributed by atoms with Crippen molar-refractivity contribution in [3.63, 3.8) is 0 Å². The van der Waals surface area contributed by atoms with E-state index in [1.165, 1.54) is 13.5 Å². The second-order valence-corrected chi connectivity index (χ2v) is 13.1. The lowest BCUT2D eigenvalue weighted by Gasteiger charge is -2.40. The number of amides is 1. The minimum absolute atomic E-state index is 0.110. The molecule has 31 heavy (non-hydrogen) atoms. The van der Waals surface area contributed by atoms with Crippen LogP contribution in [-0.2, 0) is 14.3 Å². The maximum atomic E-state index is 12.7. The van der Waals surface area contributed by atoms with Crippen molar-refractivity contribution in [2.75, 3.05) is 25.2 Å². The zero-order chi connectivity index (χ0) is 22.6. The van der Waals surface area contributed by atoms with Gasteiger partial charge in [-0.2, -0.15) is 0 Å². The topological polar surface area (TPSA) is 88.1 Å². The molecule has 178 valence electrons. The fourth-order valence-corrected chi connectivity index (χ4v) is 8.27. The van der Waals surface area contributed by atoms with Crippen molar-refractivity contribution in [1.29, 1.82) is 0 Å². The molecular weight excluding hydrogens is 436 g/mol. The monoisotopic (exact) mass is 474 g/mol. The Balaban J connectivity index is 1.82. The number of hydrogen-bond donors (Lipinski definition) is 2. The Morgan fingerprint density at radius 3 is 2.35 bits per heavy atom. The number of carbonyl (C=O) groups is 2. The van der Waals surface area contributed by atoms with Crippen molar-refractivity contribution in [3.8, 4) is 0 Å². The van der Waals surface area contributed by atoms with Crippen LogP contribution in [0.2, 0.25) is 0 Å². The standard InChI is InChI=1S/C22H38N2O5S2/c1-21(2,3)29-20(27)23-17(15-9-6-5-7-10-15)18(25)24-14-22(30-11-8-12-31-22)13-16(24)19(26)28-4/h15-18,25H,5-14H2,1-4H3,(H,23,27). The summed E-state index contributed by atoms with van der Waals surface area (Å²) in [4.78, 5) is 27.2. The molecule has 2 N–H and O–H groups in total. The molecule has 9 heteroatoms. The Bertz CT molecular complexity index is 630. The van der Waals surface area contributed by atoms with Crippen molar-refractivity contribution in [1.82, 2.24) is 10.2 Å². The number of hydrogen-bond acceptors (Lipinski definition) is 8. The SMILES string of the molecule is COC(=O)C1CC2(CN1C(O)C(NC(=O)OC(C)(C)C)C1CCCCC1)SCCCS2. The largest absolute Gasteiger partial charge is 0.468 e. The summed E-state index contributed by atoms with van der Waals surface area (Å²) in [6.07, 6.45) is 5.56. The molecule has 2 saturated heterocycles. The van der Waals surface area contributed by atoms with Gasteiger partial charge in [0.05, 0.1) is 17.2 Å². The summed E-state index contributed by atoms with van der Waals surface area (Å²) >= 11 is 3.77. The third-order valence-corrected chi connectivity index (χ3v) is 9.66. The zero-order valence-electron chi connectivity index (χ0n) is 19.2. The number of nitrogens with one attached hydrogen (secondary N) is 1. The van der Waals surface area contributed by atoms with E-state index in [1.807, 2.05) is 49.2 Å². The lowest BCUT2D eigenvalue weighted by Crippen LogP contribution is -2.58. The van der Waals surface area contributed by atoms with E-state index in [9.17, 15) is 14.7 Å². The van der Waals surface area contributed by atoms with Gasteiger partial charge in [0.2, 0.25) is 0 Å². The van der Waals surface area contributed by atoms with E-state index in [0.29, 0.717) is 13.0 Å². The second kappa shape index (κ2) is 10.5. The summed E-state index contributed by atoms with van der Waals surface area (Å²) < 4.78 is 10.5. The van der Waals surface area contributed by atoms with Gasteiger partial charge in [-0.1, -0.05) is 19.3 Å². The fourth-order valence-electron chi connectivity index (χ4n) is 4.90. The van der Waals surface area contributed by atoms with E-state index in [2.05, 4.69) is 5.32 Å². The molecule has 0 aromatic carbocycles. The summed E-state index contributed by atoms with van der Waals surface area (Å²) in [6, 6.07) is -0.999. The first kappa shape index (κ1) is 25.0. The van der Waals surface area contributed by atoms with Crippen LogP contribution in [0.5, 0.6) is 0 Å². The normalized spacial score (nSPS) is 26.9. The number of nitrogens with zero attached hydrogens (tertiary/aromatic N) is 1. The highest BCUT2D eigenvalue weighted by molar-refractivity contribution is 8.18. The van der Waals surface area contributed by atoms with E-state index in [1.54, 1.807) is 0 Å². The third-order valence-electron chi connectivity index (χ3n) is 6.32. The molecule has 1 saturated carbocycles. The van der Waals surface area contributed by atoms with Crippen molar-refractivity contribution in [2.24, 2.45) is 5.92 Å². The van der Waals surface area contributed by atoms with Gasteiger partial charge < -0.3 is 19.9 Å². The molecule has 3 unspecified atom stereocenters. The Labute approximate surface area is 194 Å². The van der Waals surface area contributed by atoms with E-state index in [4.69, 9.17) is 9.47 Å². The molecule has 1 aliphatic carbocycles. The second-order valence-electron chi connectivity index (χ2n) is 9.86. The van der Waals surface area contributed by atoms with Gasteiger partial charge in [0.25, 0.3) is 0 Å². The Morgan fingerprint density at radius 2 is 1.77 bits per heavy atom. The summed E-state index contributed by atoms with van der Waals surface area (Å²) in [5.74, 6) is 1.96. The van der Waals surface area contributed by atoms with Crippen LogP contribution in [0.25, 0.3) is 0 Å². The van der Waals surface area contributed by atoms with E-state index in [0.717, 1.165) is 43.6 Å². The lowest BCUT2D eigenvalue weighted by molar-refractivity contribution is -0.151. The van der Waals surface area contributed by atoms with Crippen LogP contribution < -0.4 is 5.32 Å². The molecule has 3 atom stereocenters. The van der Waals surface area contributed by atoms with Gasteiger partial charge in [-0.3, -0.25) is 9.69 Å². The summed E-state index contributed by atoms with van der Waals surface area (Å²) in [6.45, 7) is 6.08. The van der Waals surface area contributed by atoms with Gasteiger partial charge in [-0.05, 0) is 63.9 Å². The quantitative estimate of drug-likeness (QED) is 0.585. The molecule has 1 spiro atoms. The van der Waals surface area contributed by atoms with Gasteiger partial charge in [0.15, 0.2) is 0 Å². The highest BCUT2D eigenvalue weighted by Gasteiger charge is 2.52. The molecule has 0 aromatic heterocycles. The number of rotatable bonds is 5. The Kier molecular flexibility index (Phi) is 8.49. The first-order valence-electron chi connectivity index (χ1n) is 11.4. The van der Waals surface area contributed by atoms with E-state index >= 15 is 0 Å². The number of esters is 1. The van der Waals surface area contributed by atoms with E-state index in [-0.39, 0.29) is 16.0 Å². The molecule has 0 bridgehead atoms. The van der Waals surface area contributed by atoms with Gasteiger partial charge >= 0.3 is 12.1 Å². The number of thioether (sulfide) groups is 2. The summed E-state index contributed by atoms with van der Waals surface area (Å²) in [5, 5.41) is 14.5. The first-order chi connectivity index (χ1) is 14.6. The summed E-state index contributed by atoms with van der Waals surface area (Å²) in [5.41, 5.74) is -0.617. The number of likely N-dealkylation sites (tertiary alicyclic amines) is 1. The van der Waals surface area contributed by atoms with Gasteiger partial charge in [-0.15, -0.1) is 23.5 Å². The number of aliphatic hydroxyl groups excluding tert-OH is 1. The number of ether oxygens (including phenoxy) is 2. The number of aliphatic hydroxyl groups is 1. The predicted octanol–water partition coefficient (Wildman–Crippen LogP) is 3.59. The van der Waals surface area contributed by atoms with Crippen LogP contribution in [0.4, 0.5) is 4.79 Å². The molecule has 3 aliphatic rings. The molecule has 2 heterocycles. The average Bonchev–Trinajstić information content (AvgIpc) is 3.09. The van der Waals surface area contributed by atoms with Crippen LogP contribution in [0, 0.1) is 5.92 Å². The minimum atomic E-state index is -0.970. The van der Waals surface area contributed by atoms with Crippen LogP contribution in [0.15, 0.2) is 0 Å². The van der Waals surface area contributed by atoms with Crippen molar-refractivity contribution in [3.05, 3.63) is 0 Å². The Hall–Kier alpha value is -0.640. The number of methoxy groups -OCH3 is 1.